The molecule has 0 aromatic carbocycles. The highest BCUT2D eigenvalue weighted by atomic mass is 32.1. The first-order chi connectivity index (χ1) is 4.47. The number of rotatable bonds is 0. The minimum absolute atomic E-state index is 1.39. The van der Waals surface area contributed by atoms with Crippen LogP contribution >= 0.6 is 22.7 Å². The van der Waals surface area contributed by atoms with Crippen molar-refractivity contribution in [2.24, 2.45) is 0 Å². The number of fused-ring (bicyclic) bond motifs is 1. The lowest BCUT2D eigenvalue weighted by Crippen LogP contribution is -1.50. The van der Waals surface area contributed by atoms with Crippen molar-refractivity contribution in [3.63, 3.8) is 0 Å². The summed E-state index contributed by atoms with van der Waals surface area (Å²) in [5, 5.41) is 4.23. The van der Waals surface area contributed by atoms with Crippen molar-refractivity contribution in [2.75, 3.05) is 0 Å². The van der Waals surface area contributed by atoms with Crippen LogP contribution in [0.25, 0.3) is 9.40 Å². The fourth-order valence-electron chi connectivity index (χ4n) is 0.767. The molecule has 0 atom stereocenters. The van der Waals surface area contributed by atoms with Crippen molar-refractivity contribution in [2.45, 2.75) is 0 Å². The SMILES string of the molecule is c1c[s+]c2ccsc2c1. The van der Waals surface area contributed by atoms with Crippen molar-refractivity contribution in [3.05, 3.63) is 29.0 Å². The maximum atomic E-state index is 2.16. The van der Waals surface area contributed by atoms with Gasteiger partial charge >= 0.3 is 0 Å². The molecule has 44 valence electrons. The molecule has 0 spiro atoms. The zero-order valence-electron chi connectivity index (χ0n) is 4.70. The van der Waals surface area contributed by atoms with Gasteiger partial charge in [0.05, 0.1) is 4.70 Å². The van der Waals surface area contributed by atoms with E-state index in [9.17, 15) is 0 Å². The van der Waals surface area contributed by atoms with Crippen LogP contribution in [0.15, 0.2) is 29.0 Å². The summed E-state index contributed by atoms with van der Waals surface area (Å²) in [5.41, 5.74) is 0. The second kappa shape index (κ2) is 2.05. The molecule has 2 rings (SSSR count). The first-order valence-electron chi connectivity index (χ1n) is 2.71. The van der Waals surface area contributed by atoms with Crippen LogP contribution < -0.4 is 0 Å². The van der Waals surface area contributed by atoms with Crippen LogP contribution in [0.1, 0.15) is 0 Å². The molecule has 0 N–H and O–H groups in total. The zero-order chi connectivity index (χ0) is 6.10. The predicted molar refractivity (Wildman–Crippen MR) is 44.1 cm³/mol. The van der Waals surface area contributed by atoms with Gasteiger partial charge in [-0.25, -0.2) is 0 Å². The van der Waals surface area contributed by atoms with E-state index in [1.807, 2.05) is 0 Å². The lowest BCUT2D eigenvalue weighted by Gasteiger charge is -1.69. The van der Waals surface area contributed by atoms with Gasteiger partial charge in [0.25, 0.3) is 0 Å². The second-order valence-electron chi connectivity index (χ2n) is 1.76. The summed E-state index contributed by atoms with van der Waals surface area (Å²) >= 11 is 3.59. The summed E-state index contributed by atoms with van der Waals surface area (Å²) in [5.74, 6) is 0. The van der Waals surface area contributed by atoms with Gasteiger partial charge in [0.15, 0.2) is 5.38 Å². The molecule has 0 saturated carbocycles. The summed E-state index contributed by atoms with van der Waals surface area (Å²) in [7, 11) is 0. The van der Waals surface area contributed by atoms with Crippen LogP contribution in [0.2, 0.25) is 0 Å². The Morgan fingerprint density at radius 3 is 3.22 bits per heavy atom. The van der Waals surface area contributed by atoms with Crippen LogP contribution in [0.5, 0.6) is 0 Å². The molecule has 0 aliphatic rings. The number of hydrogen-bond acceptors (Lipinski definition) is 1. The van der Waals surface area contributed by atoms with E-state index in [0.717, 1.165) is 0 Å². The number of thiophene rings is 1. The predicted octanol–water partition coefficient (Wildman–Crippen LogP) is 3.24. The maximum Gasteiger partial charge on any atom is 0.248 e. The van der Waals surface area contributed by atoms with Crippen molar-refractivity contribution in [3.8, 4) is 0 Å². The first-order valence-corrected chi connectivity index (χ1v) is 4.47. The van der Waals surface area contributed by atoms with Crippen molar-refractivity contribution < 1.29 is 0 Å². The molecule has 2 heterocycles. The fraction of sp³-hybridized carbons (Fsp3) is 0. The molecule has 0 bridgehead atoms. The molecular formula is C7H5S2+. The molecule has 0 aliphatic carbocycles. The van der Waals surface area contributed by atoms with Gasteiger partial charge in [0, 0.05) is 6.07 Å². The van der Waals surface area contributed by atoms with E-state index >= 15 is 0 Å². The third-order valence-corrected chi connectivity index (χ3v) is 3.09. The minimum Gasteiger partial charge on any atom is -0.138 e. The Balaban J connectivity index is 2.95. The van der Waals surface area contributed by atoms with E-state index in [4.69, 9.17) is 0 Å². The Labute approximate surface area is 61.4 Å². The normalized spacial score (nSPS) is 10.2. The Morgan fingerprint density at radius 1 is 1.33 bits per heavy atom. The third-order valence-electron chi connectivity index (χ3n) is 1.18. The second-order valence-corrected chi connectivity index (χ2v) is 3.66. The van der Waals surface area contributed by atoms with Gasteiger partial charge in [-0.3, -0.25) is 0 Å². The monoisotopic (exact) mass is 153 g/mol. The molecule has 2 aromatic rings. The van der Waals surface area contributed by atoms with E-state index in [2.05, 4.69) is 29.0 Å². The average molecular weight is 153 g/mol. The van der Waals surface area contributed by atoms with Crippen molar-refractivity contribution >= 4 is 32.1 Å². The van der Waals surface area contributed by atoms with Crippen molar-refractivity contribution in [1.82, 2.24) is 0 Å². The van der Waals surface area contributed by atoms with Crippen LogP contribution in [-0.4, -0.2) is 0 Å². The van der Waals surface area contributed by atoms with E-state index in [1.54, 1.807) is 22.7 Å². The molecule has 2 heteroatoms. The van der Waals surface area contributed by atoms with Gasteiger partial charge < -0.3 is 0 Å². The fourth-order valence-corrected chi connectivity index (χ4v) is 2.47. The van der Waals surface area contributed by atoms with Crippen LogP contribution in [0.4, 0.5) is 0 Å². The molecule has 0 saturated heterocycles. The van der Waals surface area contributed by atoms with Gasteiger partial charge in [-0.1, -0.05) is 0 Å². The minimum atomic E-state index is 1.39. The summed E-state index contributed by atoms with van der Waals surface area (Å²) in [6, 6.07) is 6.39. The summed E-state index contributed by atoms with van der Waals surface area (Å²) in [6.45, 7) is 0. The molecule has 0 unspecified atom stereocenters. The molecule has 2 aromatic heterocycles. The quantitative estimate of drug-likeness (QED) is 0.510. The van der Waals surface area contributed by atoms with Crippen LogP contribution in [0, 0.1) is 0 Å². The highest BCUT2D eigenvalue weighted by Gasteiger charge is 2.00. The third kappa shape index (κ3) is 0.843. The Bertz CT molecular complexity index is 281. The van der Waals surface area contributed by atoms with Gasteiger partial charge in [0.1, 0.15) is 0 Å². The smallest absolute Gasteiger partial charge is 0.138 e. The average Bonchev–Trinajstić information content (AvgIpc) is 2.33. The number of hydrogen-bond donors (Lipinski definition) is 0. The Morgan fingerprint density at radius 2 is 2.33 bits per heavy atom. The van der Waals surface area contributed by atoms with Crippen molar-refractivity contribution in [1.29, 1.82) is 0 Å². The highest BCUT2D eigenvalue weighted by molar-refractivity contribution is 7.24. The lowest BCUT2D eigenvalue weighted by atomic mass is 10.5. The molecule has 9 heavy (non-hydrogen) atoms. The Kier molecular flexibility index (Phi) is 1.21. The van der Waals surface area contributed by atoms with Gasteiger partial charge in [-0.05, 0) is 17.5 Å². The highest BCUT2D eigenvalue weighted by Crippen LogP contribution is 2.22. The molecule has 0 aliphatic heterocycles. The van der Waals surface area contributed by atoms with Gasteiger partial charge in [0.2, 0.25) is 16.0 Å². The Hall–Kier alpha value is -0.470. The van der Waals surface area contributed by atoms with E-state index in [-0.39, 0.29) is 0 Å². The summed E-state index contributed by atoms with van der Waals surface area (Å²) in [4.78, 5) is 0. The zero-order valence-corrected chi connectivity index (χ0v) is 6.34. The van der Waals surface area contributed by atoms with Gasteiger partial charge in [-0.15, -0.1) is 11.3 Å². The van der Waals surface area contributed by atoms with E-state index in [0.29, 0.717) is 0 Å². The standard InChI is InChI=1S/C7H5S2/c1-2-6-7(8-4-1)3-5-9-6/h1-5H/q+1. The molecule has 0 nitrogen and oxygen atoms in total. The topological polar surface area (TPSA) is 0 Å². The molecule has 0 fully saturated rings. The summed E-state index contributed by atoms with van der Waals surface area (Å²) in [6.07, 6.45) is 0. The molecule has 0 amide bonds. The summed E-state index contributed by atoms with van der Waals surface area (Å²) < 4.78 is 2.78. The van der Waals surface area contributed by atoms with Crippen LogP contribution in [-0.2, 0) is 0 Å². The molecular weight excluding hydrogens is 148 g/mol. The molecule has 0 radical (unpaired) electrons. The first kappa shape index (κ1) is 5.33. The maximum absolute atomic E-state index is 2.16. The largest absolute Gasteiger partial charge is 0.248 e. The lowest BCUT2D eigenvalue weighted by molar-refractivity contribution is 2.03. The van der Waals surface area contributed by atoms with E-state index < -0.39 is 0 Å². The van der Waals surface area contributed by atoms with Gasteiger partial charge in [-0.2, -0.15) is 0 Å². The van der Waals surface area contributed by atoms with Crippen LogP contribution in [0.3, 0.4) is 0 Å². The van der Waals surface area contributed by atoms with E-state index in [1.165, 1.54) is 9.40 Å².